The topological polar surface area (TPSA) is 3.24 Å². The molecule has 0 saturated carbocycles. The molecule has 7 aromatic rings. The van der Waals surface area contributed by atoms with E-state index in [4.69, 9.17) is 0 Å². The SMILES string of the molecule is Cc1ccc(-c2ccc(N(c3ccc4c(c3)C(C3=CCCC=C3)(c3ccccc3)c3ccccc3-4)c3ccc4ccccc4c3)cc2)cc1. The summed E-state index contributed by atoms with van der Waals surface area (Å²) in [6.07, 6.45) is 9.32. The van der Waals surface area contributed by atoms with Gasteiger partial charge in [0.2, 0.25) is 0 Å². The molecular weight excluding hydrogens is 591 g/mol. The molecule has 1 nitrogen and oxygen atoms in total. The Morgan fingerprint density at radius 1 is 0.490 bits per heavy atom. The van der Waals surface area contributed by atoms with E-state index in [2.05, 4.69) is 194 Å². The number of hydrogen-bond donors (Lipinski definition) is 0. The monoisotopic (exact) mass is 627 g/mol. The van der Waals surface area contributed by atoms with Crippen LogP contribution in [0.3, 0.4) is 0 Å². The summed E-state index contributed by atoms with van der Waals surface area (Å²) in [5, 5.41) is 2.47. The summed E-state index contributed by atoms with van der Waals surface area (Å²) in [5.74, 6) is 0. The second-order valence-electron chi connectivity index (χ2n) is 13.3. The molecule has 0 N–H and O–H groups in total. The molecule has 0 fully saturated rings. The summed E-state index contributed by atoms with van der Waals surface area (Å²) in [6, 6.07) is 60.6. The van der Waals surface area contributed by atoms with Gasteiger partial charge in [-0.25, -0.2) is 0 Å². The Labute approximate surface area is 289 Å². The number of benzene rings is 7. The Bertz CT molecular complexity index is 2380. The minimum absolute atomic E-state index is 0.412. The van der Waals surface area contributed by atoms with Gasteiger partial charge in [0, 0.05) is 17.1 Å². The van der Waals surface area contributed by atoms with E-state index in [-0.39, 0.29) is 0 Å². The number of rotatable bonds is 6. The number of anilines is 3. The van der Waals surface area contributed by atoms with Gasteiger partial charge in [-0.2, -0.15) is 0 Å². The third-order valence-corrected chi connectivity index (χ3v) is 10.4. The van der Waals surface area contributed by atoms with E-state index in [9.17, 15) is 0 Å². The molecule has 234 valence electrons. The average molecular weight is 628 g/mol. The van der Waals surface area contributed by atoms with Crippen LogP contribution in [0, 0.1) is 6.92 Å². The summed E-state index contributed by atoms with van der Waals surface area (Å²) in [4.78, 5) is 2.43. The van der Waals surface area contributed by atoms with Gasteiger partial charge >= 0.3 is 0 Å². The van der Waals surface area contributed by atoms with E-state index in [0.29, 0.717) is 0 Å². The first-order valence-corrected chi connectivity index (χ1v) is 17.3. The third-order valence-electron chi connectivity index (χ3n) is 10.4. The number of nitrogens with zero attached hydrogens (tertiary/aromatic N) is 1. The van der Waals surface area contributed by atoms with Crippen molar-refractivity contribution in [3.8, 4) is 22.3 Å². The highest BCUT2D eigenvalue weighted by molar-refractivity contribution is 5.92. The maximum Gasteiger partial charge on any atom is 0.0711 e. The Morgan fingerprint density at radius 3 is 1.90 bits per heavy atom. The fourth-order valence-electron chi connectivity index (χ4n) is 8.09. The Kier molecular flexibility index (Phi) is 7.13. The number of aryl methyl sites for hydroxylation is 1. The van der Waals surface area contributed by atoms with Crippen molar-refractivity contribution in [2.24, 2.45) is 0 Å². The van der Waals surface area contributed by atoms with Gasteiger partial charge in [-0.15, -0.1) is 0 Å². The summed E-state index contributed by atoms with van der Waals surface area (Å²) < 4.78 is 0. The van der Waals surface area contributed by atoms with Crippen molar-refractivity contribution in [1.82, 2.24) is 0 Å². The molecular formula is C48H37N. The van der Waals surface area contributed by atoms with Crippen molar-refractivity contribution in [3.05, 3.63) is 210 Å². The van der Waals surface area contributed by atoms with Gasteiger partial charge < -0.3 is 4.90 Å². The van der Waals surface area contributed by atoms with Gasteiger partial charge in [0.05, 0.1) is 5.41 Å². The van der Waals surface area contributed by atoms with Crippen LogP contribution in [0.5, 0.6) is 0 Å². The predicted octanol–water partition coefficient (Wildman–Crippen LogP) is 12.9. The lowest BCUT2D eigenvalue weighted by Crippen LogP contribution is -2.29. The van der Waals surface area contributed by atoms with Gasteiger partial charge in [0.15, 0.2) is 0 Å². The molecule has 0 bridgehead atoms. The molecule has 1 heteroatoms. The molecule has 9 rings (SSSR count). The smallest absolute Gasteiger partial charge is 0.0711 e. The Morgan fingerprint density at radius 2 is 1.12 bits per heavy atom. The van der Waals surface area contributed by atoms with Crippen LogP contribution in [0.25, 0.3) is 33.0 Å². The first-order valence-electron chi connectivity index (χ1n) is 17.3. The molecule has 0 aliphatic heterocycles. The van der Waals surface area contributed by atoms with Gasteiger partial charge in [-0.3, -0.25) is 0 Å². The van der Waals surface area contributed by atoms with E-state index in [1.54, 1.807) is 0 Å². The minimum Gasteiger partial charge on any atom is -0.310 e. The largest absolute Gasteiger partial charge is 0.310 e. The molecule has 0 radical (unpaired) electrons. The standard InChI is InChI=1S/C48H37N/c1-34-20-22-36(23-21-34)37-24-27-41(28-25-37)49(42-29-26-35-12-8-9-13-38(35)32-42)43-30-31-45-44-18-10-11-19-46(44)48(47(45)33-43,39-14-4-2-5-15-39)40-16-6-3-7-17-40/h2,4-6,8-33H,3,7H2,1H3. The van der Waals surface area contributed by atoms with Crippen LogP contribution in [0.4, 0.5) is 17.1 Å². The van der Waals surface area contributed by atoms with Crippen LogP contribution >= 0.6 is 0 Å². The quantitative estimate of drug-likeness (QED) is 0.177. The van der Waals surface area contributed by atoms with E-state index in [1.165, 1.54) is 60.9 Å². The van der Waals surface area contributed by atoms with E-state index >= 15 is 0 Å². The maximum absolute atomic E-state index is 2.47. The molecule has 2 aliphatic rings. The Hall–Kier alpha value is -5.92. The second kappa shape index (κ2) is 12.0. The molecule has 0 amide bonds. The van der Waals surface area contributed by atoms with Crippen LogP contribution in [0.15, 0.2) is 188 Å². The highest BCUT2D eigenvalue weighted by Crippen LogP contribution is 2.58. The molecule has 2 aliphatic carbocycles. The summed E-state index contributed by atoms with van der Waals surface area (Å²) in [5.41, 5.74) is 14.7. The maximum atomic E-state index is 2.47. The fourth-order valence-corrected chi connectivity index (χ4v) is 8.09. The number of allylic oxidation sites excluding steroid dienone is 4. The van der Waals surface area contributed by atoms with Gasteiger partial charge in [-0.05, 0) is 111 Å². The van der Waals surface area contributed by atoms with Crippen LogP contribution in [0.2, 0.25) is 0 Å². The fraction of sp³-hybridized carbons (Fsp3) is 0.0833. The number of fused-ring (bicyclic) bond motifs is 4. The highest BCUT2D eigenvalue weighted by Gasteiger charge is 2.47. The molecule has 0 saturated heterocycles. The molecule has 1 atom stereocenters. The van der Waals surface area contributed by atoms with Crippen molar-refractivity contribution >= 4 is 27.8 Å². The first-order chi connectivity index (χ1) is 24.2. The van der Waals surface area contributed by atoms with E-state index in [1.807, 2.05) is 0 Å². The molecule has 0 aromatic heterocycles. The predicted molar refractivity (Wildman–Crippen MR) is 207 cm³/mol. The lowest BCUT2D eigenvalue weighted by Gasteiger charge is -2.36. The van der Waals surface area contributed by atoms with Crippen LogP contribution in [-0.4, -0.2) is 0 Å². The molecule has 7 aromatic carbocycles. The molecule has 0 heterocycles. The second-order valence-corrected chi connectivity index (χ2v) is 13.3. The van der Waals surface area contributed by atoms with Crippen molar-refractivity contribution in [2.45, 2.75) is 25.2 Å². The van der Waals surface area contributed by atoms with Crippen molar-refractivity contribution in [1.29, 1.82) is 0 Å². The lowest BCUT2D eigenvalue weighted by atomic mass is 9.66. The average Bonchev–Trinajstić information content (AvgIpc) is 3.47. The van der Waals surface area contributed by atoms with Gasteiger partial charge in [0.1, 0.15) is 0 Å². The van der Waals surface area contributed by atoms with Crippen molar-refractivity contribution < 1.29 is 0 Å². The van der Waals surface area contributed by atoms with E-state index < -0.39 is 5.41 Å². The van der Waals surface area contributed by atoms with Crippen molar-refractivity contribution in [2.75, 3.05) is 4.90 Å². The highest BCUT2D eigenvalue weighted by atomic mass is 15.1. The zero-order chi connectivity index (χ0) is 32.8. The Balaban J connectivity index is 1.27. The summed E-state index contributed by atoms with van der Waals surface area (Å²) in [6.45, 7) is 2.14. The lowest BCUT2D eigenvalue weighted by molar-refractivity contribution is 0.751. The number of hydrogen-bond acceptors (Lipinski definition) is 1. The van der Waals surface area contributed by atoms with Crippen LogP contribution in [-0.2, 0) is 5.41 Å². The van der Waals surface area contributed by atoms with Crippen molar-refractivity contribution in [3.63, 3.8) is 0 Å². The minimum atomic E-state index is -0.412. The third kappa shape index (κ3) is 4.85. The zero-order valence-electron chi connectivity index (χ0n) is 27.7. The summed E-state index contributed by atoms with van der Waals surface area (Å²) >= 11 is 0. The molecule has 1 unspecified atom stereocenters. The van der Waals surface area contributed by atoms with Gasteiger partial charge in [-0.1, -0.05) is 151 Å². The summed E-state index contributed by atoms with van der Waals surface area (Å²) in [7, 11) is 0. The van der Waals surface area contributed by atoms with Crippen LogP contribution < -0.4 is 4.90 Å². The van der Waals surface area contributed by atoms with Crippen LogP contribution in [0.1, 0.15) is 35.1 Å². The molecule has 0 spiro atoms. The van der Waals surface area contributed by atoms with E-state index in [0.717, 1.165) is 29.9 Å². The molecule has 49 heavy (non-hydrogen) atoms. The first kappa shape index (κ1) is 29.2. The normalized spacial score (nSPS) is 16.2. The zero-order valence-corrected chi connectivity index (χ0v) is 27.7. The van der Waals surface area contributed by atoms with Gasteiger partial charge in [0.25, 0.3) is 0 Å².